The summed E-state index contributed by atoms with van der Waals surface area (Å²) in [6, 6.07) is 8.73. The number of halogens is 1. The summed E-state index contributed by atoms with van der Waals surface area (Å²) in [5.41, 5.74) is 2.63. The van der Waals surface area contributed by atoms with E-state index in [2.05, 4.69) is 55.3 Å². The van der Waals surface area contributed by atoms with Crippen molar-refractivity contribution in [1.29, 1.82) is 0 Å². The summed E-state index contributed by atoms with van der Waals surface area (Å²) < 4.78 is 0. The van der Waals surface area contributed by atoms with Crippen molar-refractivity contribution in [3.63, 3.8) is 0 Å². The second-order valence-corrected chi connectivity index (χ2v) is 6.83. The molecule has 0 bridgehead atoms. The monoisotopic (exact) mass is 352 g/mol. The molecule has 136 valence electrons. The van der Waals surface area contributed by atoms with E-state index in [1.54, 1.807) is 0 Å². The Morgan fingerprint density at radius 3 is 2.38 bits per heavy atom. The molecule has 1 aliphatic heterocycles. The summed E-state index contributed by atoms with van der Waals surface area (Å²) in [7, 11) is 0. The van der Waals surface area contributed by atoms with Crippen molar-refractivity contribution in [2.75, 3.05) is 26.2 Å². The molecular weight excluding hydrogens is 320 g/mol. The van der Waals surface area contributed by atoms with Crippen molar-refractivity contribution in [3.05, 3.63) is 35.4 Å². The zero-order valence-electron chi connectivity index (χ0n) is 15.4. The second-order valence-electron chi connectivity index (χ2n) is 6.83. The predicted octanol–water partition coefficient (Wildman–Crippen LogP) is 4.01. The molecule has 4 heteroatoms. The Hall–Kier alpha value is -1.06. The highest BCUT2D eigenvalue weighted by molar-refractivity contribution is 5.85. The first kappa shape index (κ1) is 21.0. The highest BCUT2D eigenvalue weighted by atomic mass is 35.5. The quantitative estimate of drug-likeness (QED) is 0.804. The van der Waals surface area contributed by atoms with E-state index in [0.717, 1.165) is 51.4 Å². The average molecular weight is 353 g/mol. The fourth-order valence-electron chi connectivity index (χ4n) is 3.33. The molecule has 0 aliphatic carbocycles. The summed E-state index contributed by atoms with van der Waals surface area (Å²) in [5, 5.41) is 3.42. The Bertz CT molecular complexity index is 481. The Kier molecular flexibility index (Phi) is 9.38. The largest absolute Gasteiger partial charge is 0.343 e. The van der Waals surface area contributed by atoms with Gasteiger partial charge in [0.1, 0.15) is 0 Å². The van der Waals surface area contributed by atoms with Crippen molar-refractivity contribution in [2.24, 2.45) is 5.92 Å². The van der Waals surface area contributed by atoms with Crippen molar-refractivity contribution < 1.29 is 4.79 Å². The molecule has 0 aromatic heterocycles. The maximum absolute atomic E-state index is 12.5. The van der Waals surface area contributed by atoms with E-state index in [9.17, 15) is 4.79 Å². The van der Waals surface area contributed by atoms with Gasteiger partial charge in [-0.05, 0) is 55.3 Å². The molecule has 0 spiro atoms. The molecule has 1 heterocycles. The van der Waals surface area contributed by atoms with Crippen LogP contribution in [0.15, 0.2) is 24.3 Å². The minimum atomic E-state index is 0. The van der Waals surface area contributed by atoms with E-state index >= 15 is 0 Å². The van der Waals surface area contributed by atoms with Gasteiger partial charge in [-0.15, -0.1) is 12.4 Å². The zero-order chi connectivity index (χ0) is 16.7. The number of piperidine rings is 1. The Morgan fingerprint density at radius 2 is 1.83 bits per heavy atom. The maximum Gasteiger partial charge on any atom is 0.223 e. The number of nitrogens with one attached hydrogen (secondary N) is 1. The molecule has 0 radical (unpaired) electrons. The molecule has 1 fully saturated rings. The molecular formula is C20H33ClN2O. The molecule has 1 aliphatic rings. The van der Waals surface area contributed by atoms with Crippen molar-refractivity contribution in [1.82, 2.24) is 10.2 Å². The lowest BCUT2D eigenvalue weighted by atomic mass is 9.93. The maximum atomic E-state index is 12.5. The van der Waals surface area contributed by atoms with Crippen LogP contribution in [0.5, 0.6) is 0 Å². The van der Waals surface area contributed by atoms with Gasteiger partial charge in [-0.2, -0.15) is 0 Å². The van der Waals surface area contributed by atoms with Crippen LogP contribution in [0, 0.1) is 5.92 Å². The number of aryl methyl sites for hydroxylation is 1. The van der Waals surface area contributed by atoms with Gasteiger partial charge in [0.15, 0.2) is 0 Å². The first-order chi connectivity index (χ1) is 11.1. The highest BCUT2D eigenvalue weighted by Crippen LogP contribution is 2.23. The van der Waals surface area contributed by atoms with Crippen LogP contribution in [-0.2, 0) is 11.2 Å². The van der Waals surface area contributed by atoms with Gasteiger partial charge in [0.05, 0.1) is 0 Å². The Labute approximate surface area is 153 Å². The summed E-state index contributed by atoms with van der Waals surface area (Å²) in [6.45, 7) is 10.5. The van der Waals surface area contributed by atoms with Gasteiger partial charge in [0.25, 0.3) is 0 Å². The number of likely N-dealkylation sites (tertiary alicyclic amines) is 1. The zero-order valence-corrected chi connectivity index (χ0v) is 16.2. The Balaban J connectivity index is 0.00000288. The number of hydrogen-bond acceptors (Lipinski definition) is 2. The van der Waals surface area contributed by atoms with Gasteiger partial charge in [-0.25, -0.2) is 0 Å². The standard InChI is InChI=1S/C20H32N2O.ClH/c1-4-17-6-8-19(9-7-17)16(3)14-20(23)22-12-10-18(11-13-22)15-21-5-2;/h6-9,16,18,21H,4-5,10-15H2,1-3H3;1H. The lowest BCUT2D eigenvalue weighted by Gasteiger charge is -2.32. The number of benzene rings is 1. The van der Waals surface area contributed by atoms with Crippen molar-refractivity contribution >= 4 is 18.3 Å². The van der Waals surface area contributed by atoms with E-state index in [0.29, 0.717) is 18.2 Å². The lowest BCUT2D eigenvalue weighted by Crippen LogP contribution is -2.41. The second kappa shape index (κ2) is 10.7. The molecule has 3 nitrogen and oxygen atoms in total. The Morgan fingerprint density at radius 1 is 1.21 bits per heavy atom. The van der Waals surface area contributed by atoms with Crippen molar-refractivity contribution in [3.8, 4) is 0 Å². The van der Waals surface area contributed by atoms with Crippen LogP contribution >= 0.6 is 12.4 Å². The van der Waals surface area contributed by atoms with Gasteiger partial charge < -0.3 is 10.2 Å². The number of amides is 1. The number of hydrogen-bond donors (Lipinski definition) is 1. The molecule has 2 rings (SSSR count). The number of carbonyl (C=O) groups is 1. The smallest absolute Gasteiger partial charge is 0.223 e. The predicted molar refractivity (Wildman–Crippen MR) is 104 cm³/mol. The molecule has 0 saturated carbocycles. The van der Waals surface area contributed by atoms with Gasteiger partial charge in [-0.1, -0.05) is 45.0 Å². The van der Waals surface area contributed by atoms with Gasteiger partial charge in [0, 0.05) is 19.5 Å². The third kappa shape index (κ3) is 6.10. The lowest BCUT2D eigenvalue weighted by molar-refractivity contribution is -0.132. The van der Waals surface area contributed by atoms with Crippen LogP contribution in [0.3, 0.4) is 0 Å². The topological polar surface area (TPSA) is 32.3 Å². The van der Waals surface area contributed by atoms with Crippen LogP contribution in [0.25, 0.3) is 0 Å². The third-order valence-corrected chi connectivity index (χ3v) is 5.09. The van der Waals surface area contributed by atoms with E-state index < -0.39 is 0 Å². The highest BCUT2D eigenvalue weighted by Gasteiger charge is 2.23. The van der Waals surface area contributed by atoms with Crippen LogP contribution in [0.4, 0.5) is 0 Å². The number of carbonyl (C=O) groups excluding carboxylic acids is 1. The van der Waals surface area contributed by atoms with Crippen molar-refractivity contribution in [2.45, 2.75) is 52.4 Å². The summed E-state index contributed by atoms with van der Waals surface area (Å²) in [4.78, 5) is 14.6. The minimum Gasteiger partial charge on any atom is -0.343 e. The summed E-state index contributed by atoms with van der Waals surface area (Å²) >= 11 is 0. The van der Waals surface area contributed by atoms with Crippen LogP contribution < -0.4 is 5.32 Å². The third-order valence-electron chi connectivity index (χ3n) is 5.09. The van der Waals surface area contributed by atoms with Gasteiger partial charge in [0.2, 0.25) is 5.91 Å². The van der Waals surface area contributed by atoms with Crippen LogP contribution in [0.2, 0.25) is 0 Å². The molecule has 24 heavy (non-hydrogen) atoms. The minimum absolute atomic E-state index is 0. The normalized spacial score (nSPS) is 16.5. The fourth-order valence-corrected chi connectivity index (χ4v) is 3.33. The number of nitrogens with zero attached hydrogens (tertiary/aromatic N) is 1. The molecule has 1 saturated heterocycles. The molecule has 1 aromatic carbocycles. The van der Waals surface area contributed by atoms with E-state index in [1.165, 1.54) is 11.1 Å². The molecule has 1 aromatic rings. The summed E-state index contributed by atoms with van der Waals surface area (Å²) in [5.74, 6) is 1.35. The molecule has 1 atom stereocenters. The van der Waals surface area contributed by atoms with Gasteiger partial charge in [-0.3, -0.25) is 4.79 Å². The van der Waals surface area contributed by atoms with Gasteiger partial charge >= 0.3 is 0 Å². The first-order valence-electron chi connectivity index (χ1n) is 9.21. The number of rotatable bonds is 7. The van der Waals surface area contributed by atoms with Crippen LogP contribution in [-0.4, -0.2) is 37.0 Å². The first-order valence-corrected chi connectivity index (χ1v) is 9.21. The van der Waals surface area contributed by atoms with Crippen LogP contribution in [0.1, 0.15) is 57.1 Å². The fraction of sp³-hybridized carbons (Fsp3) is 0.650. The molecule has 1 N–H and O–H groups in total. The van der Waals surface area contributed by atoms with E-state index in [-0.39, 0.29) is 12.4 Å². The molecule has 1 unspecified atom stereocenters. The average Bonchev–Trinajstić information content (AvgIpc) is 2.60. The molecule has 1 amide bonds. The summed E-state index contributed by atoms with van der Waals surface area (Å²) in [6.07, 6.45) is 3.97. The van der Waals surface area contributed by atoms with E-state index in [4.69, 9.17) is 0 Å². The SMILES string of the molecule is CCNCC1CCN(C(=O)CC(C)c2ccc(CC)cc2)CC1.Cl. The van der Waals surface area contributed by atoms with E-state index in [1.807, 2.05) is 0 Å².